The molecule has 0 bridgehead atoms. The molecule has 1 aliphatic rings. The summed E-state index contributed by atoms with van der Waals surface area (Å²) in [6.45, 7) is 2.15. The maximum atomic E-state index is 12.1. The van der Waals surface area contributed by atoms with E-state index in [1.54, 1.807) is 29.2 Å². The lowest BCUT2D eigenvalue weighted by Gasteiger charge is -2.22. The van der Waals surface area contributed by atoms with E-state index in [9.17, 15) is 9.59 Å². The molecule has 2 amide bonds. The zero-order valence-corrected chi connectivity index (χ0v) is 10.8. The molecule has 1 aliphatic heterocycles. The van der Waals surface area contributed by atoms with Crippen molar-refractivity contribution >= 4 is 17.5 Å². The molecule has 1 atom stereocenters. The summed E-state index contributed by atoms with van der Waals surface area (Å²) in [4.78, 5) is 25.2. The van der Waals surface area contributed by atoms with Crippen molar-refractivity contribution in [2.75, 3.05) is 11.9 Å². The van der Waals surface area contributed by atoms with Gasteiger partial charge in [0.2, 0.25) is 11.8 Å². The number of carbonyl (C=O) groups excluding carboxylic acids is 2. The topological polar surface area (TPSA) is 49.4 Å². The molecule has 1 N–H and O–H groups in total. The Balaban J connectivity index is 2.04. The lowest BCUT2D eigenvalue weighted by molar-refractivity contribution is -0.134. The predicted octanol–water partition coefficient (Wildman–Crippen LogP) is 1.62. The lowest BCUT2D eigenvalue weighted by Crippen LogP contribution is -2.42. The van der Waals surface area contributed by atoms with E-state index in [1.165, 1.54) is 6.92 Å². The van der Waals surface area contributed by atoms with Crippen molar-refractivity contribution in [3.8, 4) is 12.3 Å². The van der Waals surface area contributed by atoms with Gasteiger partial charge in [-0.05, 0) is 37.1 Å². The van der Waals surface area contributed by atoms with Gasteiger partial charge in [-0.25, -0.2) is 0 Å². The van der Waals surface area contributed by atoms with E-state index in [0.29, 0.717) is 18.7 Å². The summed E-state index contributed by atoms with van der Waals surface area (Å²) in [5.41, 5.74) is 1.46. The fourth-order valence-electron chi connectivity index (χ4n) is 2.29. The maximum absolute atomic E-state index is 12.1. The van der Waals surface area contributed by atoms with Crippen LogP contribution in [0.4, 0.5) is 5.69 Å². The molecule has 1 heterocycles. The van der Waals surface area contributed by atoms with Crippen LogP contribution in [-0.4, -0.2) is 29.3 Å². The first-order valence-corrected chi connectivity index (χ1v) is 6.26. The molecule has 0 radical (unpaired) electrons. The SMILES string of the molecule is C#Cc1ccc(NC(=O)[C@@H]2CCCN2C(C)=O)cc1. The first-order valence-electron chi connectivity index (χ1n) is 6.26. The zero-order chi connectivity index (χ0) is 13.8. The van der Waals surface area contributed by atoms with Crippen molar-refractivity contribution in [3.63, 3.8) is 0 Å². The molecule has 19 heavy (non-hydrogen) atoms. The first-order chi connectivity index (χ1) is 9.11. The van der Waals surface area contributed by atoms with Gasteiger partial charge in [-0.2, -0.15) is 0 Å². The minimum atomic E-state index is -0.357. The molecule has 0 unspecified atom stereocenters. The van der Waals surface area contributed by atoms with E-state index in [0.717, 1.165) is 12.0 Å². The van der Waals surface area contributed by atoms with Gasteiger partial charge in [0.1, 0.15) is 6.04 Å². The highest BCUT2D eigenvalue weighted by Gasteiger charge is 2.32. The third-order valence-electron chi connectivity index (χ3n) is 3.28. The molecular formula is C15H16N2O2. The highest BCUT2D eigenvalue weighted by atomic mass is 16.2. The van der Waals surface area contributed by atoms with Gasteiger partial charge in [-0.1, -0.05) is 5.92 Å². The van der Waals surface area contributed by atoms with Crippen LogP contribution in [0.5, 0.6) is 0 Å². The number of hydrogen-bond donors (Lipinski definition) is 1. The quantitative estimate of drug-likeness (QED) is 0.817. The summed E-state index contributed by atoms with van der Waals surface area (Å²) in [7, 11) is 0. The van der Waals surface area contributed by atoms with Crippen LogP contribution in [0.25, 0.3) is 0 Å². The molecule has 1 aromatic carbocycles. The molecule has 0 aromatic heterocycles. The standard InChI is InChI=1S/C15H16N2O2/c1-3-12-6-8-13(9-7-12)16-15(19)14-5-4-10-17(14)11(2)18/h1,6-9,14H,4-5,10H2,2H3,(H,16,19)/t14-/m0/s1. The van der Waals surface area contributed by atoms with Crippen LogP contribution in [0.1, 0.15) is 25.3 Å². The highest BCUT2D eigenvalue weighted by molar-refractivity contribution is 5.97. The molecule has 0 spiro atoms. The number of nitrogens with one attached hydrogen (secondary N) is 1. The minimum absolute atomic E-state index is 0.0553. The van der Waals surface area contributed by atoms with Gasteiger partial charge in [0.15, 0.2) is 0 Å². The number of rotatable bonds is 2. The molecule has 0 saturated carbocycles. The fraction of sp³-hybridized carbons (Fsp3) is 0.333. The minimum Gasteiger partial charge on any atom is -0.331 e. The Kier molecular flexibility index (Phi) is 3.86. The van der Waals surface area contributed by atoms with Gasteiger partial charge in [-0.15, -0.1) is 6.42 Å². The Morgan fingerprint density at radius 3 is 2.63 bits per heavy atom. The summed E-state index contributed by atoms with van der Waals surface area (Å²) in [6, 6.07) is 6.71. The molecule has 4 nitrogen and oxygen atoms in total. The summed E-state index contributed by atoms with van der Waals surface area (Å²) < 4.78 is 0. The first kappa shape index (κ1) is 13.2. The molecule has 2 rings (SSSR count). The number of nitrogens with zero attached hydrogens (tertiary/aromatic N) is 1. The second-order valence-electron chi connectivity index (χ2n) is 4.58. The highest BCUT2D eigenvalue weighted by Crippen LogP contribution is 2.19. The Labute approximate surface area is 112 Å². The van der Waals surface area contributed by atoms with E-state index in [-0.39, 0.29) is 17.9 Å². The Morgan fingerprint density at radius 2 is 2.05 bits per heavy atom. The van der Waals surface area contributed by atoms with Gasteiger partial charge in [0.05, 0.1) is 0 Å². The van der Waals surface area contributed by atoms with Crippen LogP contribution in [-0.2, 0) is 9.59 Å². The van der Waals surface area contributed by atoms with E-state index in [1.807, 2.05) is 0 Å². The second kappa shape index (κ2) is 5.57. The number of amides is 2. The summed E-state index contributed by atoms with van der Waals surface area (Å²) in [5, 5.41) is 2.82. The van der Waals surface area contributed by atoms with E-state index < -0.39 is 0 Å². The molecule has 0 aliphatic carbocycles. The number of likely N-dealkylation sites (tertiary alicyclic amines) is 1. The normalized spacial score (nSPS) is 17.9. The predicted molar refractivity (Wildman–Crippen MR) is 73.4 cm³/mol. The van der Waals surface area contributed by atoms with Gasteiger partial charge in [0, 0.05) is 24.7 Å². The molecule has 1 saturated heterocycles. The number of carbonyl (C=O) groups is 2. The summed E-state index contributed by atoms with van der Waals surface area (Å²) >= 11 is 0. The fourth-order valence-corrected chi connectivity index (χ4v) is 2.29. The van der Waals surface area contributed by atoms with Crippen molar-refractivity contribution in [3.05, 3.63) is 29.8 Å². The van der Waals surface area contributed by atoms with Crippen molar-refractivity contribution in [1.82, 2.24) is 4.90 Å². The number of benzene rings is 1. The largest absolute Gasteiger partial charge is 0.331 e. The second-order valence-corrected chi connectivity index (χ2v) is 4.58. The van der Waals surface area contributed by atoms with Gasteiger partial charge < -0.3 is 10.2 Å². The Morgan fingerprint density at radius 1 is 1.37 bits per heavy atom. The van der Waals surface area contributed by atoms with Crippen LogP contribution in [0.15, 0.2) is 24.3 Å². The number of hydrogen-bond acceptors (Lipinski definition) is 2. The van der Waals surface area contributed by atoms with Crippen LogP contribution >= 0.6 is 0 Å². The van der Waals surface area contributed by atoms with E-state index >= 15 is 0 Å². The van der Waals surface area contributed by atoms with Gasteiger partial charge in [-0.3, -0.25) is 9.59 Å². The third kappa shape index (κ3) is 2.94. The van der Waals surface area contributed by atoms with Crippen molar-refractivity contribution in [2.45, 2.75) is 25.8 Å². The number of anilines is 1. The van der Waals surface area contributed by atoms with E-state index in [2.05, 4.69) is 11.2 Å². The van der Waals surface area contributed by atoms with Crippen molar-refractivity contribution in [1.29, 1.82) is 0 Å². The van der Waals surface area contributed by atoms with Crippen molar-refractivity contribution in [2.24, 2.45) is 0 Å². The van der Waals surface area contributed by atoms with Crippen LogP contribution < -0.4 is 5.32 Å². The summed E-state index contributed by atoms with van der Waals surface area (Å²) in [6.07, 6.45) is 6.86. The van der Waals surface area contributed by atoms with Crippen molar-refractivity contribution < 1.29 is 9.59 Å². The Hall–Kier alpha value is -2.28. The lowest BCUT2D eigenvalue weighted by atomic mass is 10.2. The maximum Gasteiger partial charge on any atom is 0.247 e. The molecule has 4 heteroatoms. The van der Waals surface area contributed by atoms with Crippen LogP contribution in [0.2, 0.25) is 0 Å². The smallest absolute Gasteiger partial charge is 0.247 e. The van der Waals surface area contributed by atoms with E-state index in [4.69, 9.17) is 6.42 Å². The Bertz CT molecular complexity index is 528. The average molecular weight is 256 g/mol. The average Bonchev–Trinajstić information content (AvgIpc) is 2.89. The van der Waals surface area contributed by atoms with Gasteiger partial charge >= 0.3 is 0 Å². The number of terminal acetylenes is 1. The molecule has 98 valence electrons. The third-order valence-corrected chi connectivity index (χ3v) is 3.28. The van der Waals surface area contributed by atoms with Crippen LogP contribution in [0.3, 0.4) is 0 Å². The summed E-state index contributed by atoms with van der Waals surface area (Å²) in [5.74, 6) is 2.33. The molecular weight excluding hydrogens is 240 g/mol. The zero-order valence-electron chi connectivity index (χ0n) is 10.8. The van der Waals surface area contributed by atoms with Crippen LogP contribution in [0, 0.1) is 12.3 Å². The monoisotopic (exact) mass is 256 g/mol. The molecule has 1 fully saturated rings. The van der Waals surface area contributed by atoms with Gasteiger partial charge in [0.25, 0.3) is 0 Å². The molecule has 1 aromatic rings.